The number of benzene rings is 2. The first kappa shape index (κ1) is 21.0. The minimum Gasteiger partial charge on any atom is -0.328 e. The highest BCUT2D eigenvalue weighted by atomic mass is 19.1. The van der Waals surface area contributed by atoms with E-state index in [-0.39, 0.29) is 30.0 Å². The van der Waals surface area contributed by atoms with Gasteiger partial charge in [-0.3, -0.25) is 4.79 Å². The molecule has 1 unspecified atom stereocenters. The minimum absolute atomic E-state index is 0.0108. The van der Waals surface area contributed by atoms with E-state index in [2.05, 4.69) is 5.10 Å². The van der Waals surface area contributed by atoms with E-state index >= 15 is 0 Å². The van der Waals surface area contributed by atoms with Crippen molar-refractivity contribution < 1.29 is 18.0 Å². The Labute approximate surface area is 168 Å². The molecule has 0 aromatic heterocycles. The number of nitrogens with zero attached hydrogens (tertiary/aromatic N) is 2. The summed E-state index contributed by atoms with van der Waals surface area (Å²) >= 11 is 0. The van der Waals surface area contributed by atoms with Crippen molar-refractivity contribution in [3.63, 3.8) is 0 Å². The summed E-state index contributed by atoms with van der Waals surface area (Å²) in [6.45, 7) is 1.57. The maximum atomic E-state index is 14.1. The average Bonchev–Trinajstić information content (AvgIpc) is 3.48. The van der Waals surface area contributed by atoms with Crippen molar-refractivity contribution in [2.24, 2.45) is 16.8 Å². The Bertz CT molecular complexity index is 882. The van der Waals surface area contributed by atoms with Gasteiger partial charge in [-0.05, 0) is 43.5 Å². The molecule has 2 aliphatic rings. The fourth-order valence-corrected chi connectivity index (χ4v) is 3.05. The van der Waals surface area contributed by atoms with Gasteiger partial charge in [0.2, 0.25) is 5.91 Å². The number of amides is 1. The Kier molecular flexibility index (Phi) is 6.69. The zero-order chi connectivity index (χ0) is 21.0. The monoisotopic (exact) mass is 403 g/mol. The summed E-state index contributed by atoms with van der Waals surface area (Å²) in [6.07, 6.45) is 1.28. The predicted octanol–water partition coefficient (Wildman–Crippen LogP) is 4.36. The van der Waals surface area contributed by atoms with Crippen LogP contribution in [0.1, 0.15) is 43.4 Å². The lowest BCUT2D eigenvalue weighted by atomic mass is 9.98. The normalized spacial score (nSPS) is 19.3. The van der Waals surface area contributed by atoms with Crippen LogP contribution in [0.4, 0.5) is 13.2 Å². The van der Waals surface area contributed by atoms with Gasteiger partial charge in [0.1, 0.15) is 17.8 Å². The molecule has 4 nitrogen and oxygen atoms in total. The quantitative estimate of drug-likeness (QED) is 0.825. The SMILES string of the molecule is CC(F)CN.O=C(C1CC1)N1N=C(c2cc(F)ccc2F)C[C@H]1c1ccccc1. The van der Waals surface area contributed by atoms with Gasteiger partial charge in [-0.2, -0.15) is 5.10 Å². The second-order valence-electron chi connectivity index (χ2n) is 7.28. The van der Waals surface area contributed by atoms with Crippen LogP contribution in [0, 0.1) is 17.6 Å². The molecular weight excluding hydrogens is 379 g/mol. The number of carbonyl (C=O) groups is 1. The molecule has 0 bridgehead atoms. The molecular formula is C22H24F3N3O. The smallest absolute Gasteiger partial charge is 0.246 e. The van der Waals surface area contributed by atoms with E-state index in [1.165, 1.54) is 11.9 Å². The summed E-state index contributed by atoms with van der Waals surface area (Å²) in [5.41, 5.74) is 6.28. The van der Waals surface area contributed by atoms with Crippen molar-refractivity contribution in [1.29, 1.82) is 0 Å². The molecule has 2 aromatic carbocycles. The van der Waals surface area contributed by atoms with Gasteiger partial charge < -0.3 is 5.73 Å². The number of hydrazone groups is 1. The predicted molar refractivity (Wildman–Crippen MR) is 106 cm³/mol. The zero-order valence-corrected chi connectivity index (χ0v) is 16.2. The summed E-state index contributed by atoms with van der Waals surface area (Å²) in [5, 5.41) is 5.84. The molecule has 1 aliphatic heterocycles. The molecule has 1 aliphatic carbocycles. The van der Waals surface area contributed by atoms with E-state index < -0.39 is 17.8 Å². The largest absolute Gasteiger partial charge is 0.328 e. The molecule has 0 spiro atoms. The third-order valence-electron chi connectivity index (χ3n) is 4.81. The number of halogens is 3. The van der Waals surface area contributed by atoms with E-state index in [9.17, 15) is 18.0 Å². The fraction of sp³-hybridized carbons (Fsp3) is 0.364. The average molecular weight is 403 g/mol. The van der Waals surface area contributed by atoms with Crippen molar-refractivity contribution in [2.45, 2.75) is 38.4 Å². The summed E-state index contributed by atoms with van der Waals surface area (Å²) in [4.78, 5) is 12.6. The number of alkyl halides is 1. The zero-order valence-electron chi connectivity index (χ0n) is 16.2. The second-order valence-corrected chi connectivity index (χ2v) is 7.28. The Balaban J connectivity index is 0.000000431. The van der Waals surface area contributed by atoms with Crippen LogP contribution in [0.2, 0.25) is 0 Å². The van der Waals surface area contributed by atoms with Crippen LogP contribution in [-0.4, -0.2) is 29.3 Å². The van der Waals surface area contributed by atoms with Gasteiger partial charge in [-0.1, -0.05) is 30.3 Å². The van der Waals surface area contributed by atoms with Crippen LogP contribution in [0.15, 0.2) is 53.6 Å². The first-order valence-electron chi connectivity index (χ1n) is 9.65. The molecule has 4 rings (SSSR count). The molecule has 2 aromatic rings. The first-order chi connectivity index (χ1) is 13.9. The van der Waals surface area contributed by atoms with Crippen LogP contribution in [0.25, 0.3) is 0 Å². The third-order valence-corrected chi connectivity index (χ3v) is 4.81. The molecule has 7 heteroatoms. The summed E-state index contributed by atoms with van der Waals surface area (Å²) < 4.78 is 38.9. The van der Waals surface area contributed by atoms with Crippen LogP contribution >= 0.6 is 0 Å². The van der Waals surface area contributed by atoms with Gasteiger partial charge in [0.25, 0.3) is 0 Å². The Hall–Kier alpha value is -2.67. The van der Waals surface area contributed by atoms with Gasteiger partial charge in [0.05, 0.1) is 11.8 Å². The van der Waals surface area contributed by atoms with E-state index in [4.69, 9.17) is 5.73 Å². The topological polar surface area (TPSA) is 58.7 Å². The van der Waals surface area contributed by atoms with E-state index in [1.54, 1.807) is 0 Å². The number of rotatable bonds is 4. The fourth-order valence-electron chi connectivity index (χ4n) is 3.05. The third kappa shape index (κ3) is 5.23. The molecule has 2 N–H and O–H groups in total. The number of hydrogen-bond donors (Lipinski definition) is 1. The van der Waals surface area contributed by atoms with Gasteiger partial charge in [-0.15, -0.1) is 0 Å². The number of hydrogen-bond acceptors (Lipinski definition) is 3. The summed E-state index contributed by atoms with van der Waals surface area (Å²) in [5.74, 6) is -1.06. The molecule has 1 heterocycles. The lowest BCUT2D eigenvalue weighted by molar-refractivity contribution is -0.134. The second kappa shape index (κ2) is 9.22. The molecule has 0 radical (unpaired) electrons. The lowest BCUT2D eigenvalue weighted by Gasteiger charge is -2.21. The Morgan fingerprint density at radius 1 is 1.21 bits per heavy atom. The molecule has 0 saturated heterocycles. The maximum Gasteiger partial charge on any atom is 0.246 e. The molecule has 1 saturated carbocycles. The van der Waals surface area contributed by atoms with Crippen molar-refractivity contribution in [1.82, 2.24) is 5.01 Å². The van der Waals surface area contributed by atoms with Gasteiger partial charge in [0, 0.05) is 24.4 Å². The molecule has 2 atom stereocenters. The van der Waals surface area contributed by atoms with Crippen molar-refractivity contribution >= 4 is 11.6 Å². The summed E-state index contributed by atoms with van der Waals surface area (Å²) in [7, 11) is 0. The highest BCUT2D eigenvalue weighted by Gasteiger charge is 2.40. The maximum absolute atomic E-state index is 14.1. The minimum atomic E-state index is -0.838. The van der Waals surface area contributed by atoms with Crippen LogP contribution in [0.3, 0.4) is 0 Å². The molecule has 29 heavy (non-hydrogen) atoms. The van der Waals surface area contributed by atoms with E-state index in [0.29, 0.717) is 12.1 Å². The number of nitrogens with two attached hydrogens (primary N) is 1. The van der Waals surface area contributed by atoms with E-state index in [1.807, 2.05) is 30.3 Å². The van der Waals surface area contributed by atoms with Crippen LogP contribution < -0.4 is 5.73 Å². The highest BCUT2D eigenvalue weighted by molar-refractivity contribution is 6.03. The first-order valence-corrected chi connectivity index (χ1v) is 9.65. The summed E-state index contributed by atoms with van der Waals surface area (Å²) in [6, 6.07) is 12.6. The van der Waals surface area contributed by atoms with Crippen LogP contribution in [0.5, 0.6) is 0 Å². The Morgan fingerprint density at radius 2 is 1.86 bits per heavy atom. The van der Waals surface area contributed by atoms with Gasteiger partial charge in [0.15, 0.2) is 0 Å². The van der Waals surface area contributed by atoms with Crippen molar-refractivity contribution in [3.05, 3.63) is 71.3 Å². The van der Waals surface area contributed by atoms with Crippen LogP contribution in [-0.2, 0) is 4.79 Å². The molecule has 1 amide bonds. The molecule has 1 fully saturated rings. The van der Waals surface area contributed by atoms with Crippen molar-refractivity contribution in [3.8, 4) is 0 Å². The van der Waals surface area contributed by atoms with E-state index in [0.717, 1.165) is 36.6 Å². The standard InChI is InChI=1S/C19H16F2N2O.C3H8FN/c20-14-8-9-16(21)15(10-14)17-11-18(12-4-2-1-3-5-12)23(22-17)19(24)13-6-7-13;1-3(4)2-5/h1-5,8-10,13,18H,6-7,11H2;3H,2,5H2,1H3/t18-;/m0./s1. The molecule has 154 valence electrons. The number of carbonyl (C=O) groups excluding carboxylic acids is 1. The van der Waals surface area contributed by atoms with Crippen molar-refractivity contribution in [2.75, 3.05) is 6.54 Å². The highest BCUT2D eigenvalue weighted by Crippen LogP contribution is 2.39. The van der Waals surface area contributed by atoms with Gasteiger partial charge >= 0.3 is 0 Å². The Morgan fingerprint density at radius 3 is 2.45 bits per heavy atom. The lowest BCUT2D eigenvalue weighted by Crippen LogP contribution is -2.28. The van der Waals surface area contributed by atoms with Gasteiger partial charge in [-0.25, -0.2) is 18.2 Å².